The zero-order chi connectivity index (χ0) is 24.2. The van der Waals surface area contributed by atoms with Crippen molar-refractivity contribution in [1.29, 1.82) is 5.26 Å². The highest BCUT2D eigenvalue weighted by Gasteiger charge is 2.25. The van der Waals surface area contributed by atoms with Crippen molar-refractivity contribution in [3.8, 4) is 32.8 Å². The lowest BCUT2D eigenvalue weighted by molar-refractivity contribution is 0.194. The molecule has 2 heterocycles. The number of thiazole rings is 1. The summed E-state index contributed by atoms with van der Waals surface area (Å²) in [5.41, 5.74) is 5.76. The summed E-state index contributed by atoms with van der Waals surface area (Å²) in [5.74, 6) is 2.35. The van der Waals surface area contributed by atoms with Gasteiger partial charge in [0.1, 0.15) is 16.8 Å². The Bertz CT molecular complexity index is 1210. The molecule has 0 saturated carbocycles. The highest BCUT2D eigenvalue weighted by molar-refractivity contribution is 7.97. The zero-order valence-corrected chi connectivity index (χ0v) is 22.1. The molecule has 5 nitrogen and oxygen atoms in total. The van der Waals surface area contributed by atoms with Gasteiger partial charge in [0.2, 0.25) is 0 Å². The van der Waals surface area contributed by atoms with Crippen molar-refractivity contribution in [3.63, 3.8) is 0 Å². The minimum atomic E-state index is 0.0301. The molecule has 0 amide bonds. The number of rotatable bonds is 10. The molecule has 1 saturated heterocycles. The number of nitriles is 1. The minimum absolute atomic E-state index is 0.0301. The summed E-state index contributed by atoms with van der Waals surface area (Å²) >= 11 is 3.56. The van der Waals surface area contributed by atoms with Crippen molar-refractivity contribution in [2.45, 2.75) is 45.1 Å². The lowest BCUT2D eigenvalue weighted by atomic mass is 9.98. The van der Waals surface area contributed by atoms with Crippen LogP contribution < -0.4 is 9.46 Å². The third-order valence-corrected chi connectivity index (χ3v) is 8.60. The van der Waals surface area contributed by atoms with Gasteiger partial charge in [-0.25, -0.2) is 4.98 Å². The van der Waals surface area contributed by atoms with Gasteiger partial charge >= 0.3 is 0 Å². The Labute approximate surface area is 216 Å². The smallest absolute Gasteiger partial charge is 0.137 e. The highest BCUT2D eigenvalue weighted by Crippen LogP contribution is 2.42. The molecule has 1 aromatic heterocycles. The maximum absolute atomic E-state index is 9.59. The van der Waals surface area contributed by atoms with Crippen LogP contribution in [0.4, 0.5) is 0 Å². The molecule has 7 heteroatoms. The normalized spacial score (nSPS) is 17.3. The SMILES string of the molecule is CC(C)Oc1ccc(-c2ncc(-c3cccc4c3CCC4CNSCCN3CCC3)s2)cc1C#N. The zero-order valence-electron chi connectivity index (χ0n) is 20.4. The number of hydrogen-bond donors (Lipinski definition) is 1. The van der Waals surface area contributed by atoms with Gasteiger partial charge in [-0.1, -0.05) is 30.1 Å². The Hall–Kier alpha value is -2.37. The molecule has 3 aromatic rings. The van der Waals surface area contributed by atoms with Gasteiger partial charge in [0.05, 0.1) is 16.5 Å². The molecule has 35 heavy (non-hydrogen) atoms. The number of likely N-dealkylation sites (tertiary alicyclic amines) is 1. The fourth-order valence-electron chi connectivity index (χ4n) is 4.83. The molecule has 1 unspecified atom stereocenters. The number of fused-ring (bicyclic) bond motifs is 1. The number of hydrogen-bond acceptors (Lipinski definition) is 7. The van der Waals surface area contributed by atoms with Crippen molar-refractivity contribution in [3.05, 3.63) is 59.3 Å². The quantitative estimate of drug-likeness (QED) is 0.266. The Morgan fingerprint density at radius 1 is 1.29 bits per heavy atom. The monoisotopic (exact) mass is 504 g/mol. The molecule has 0 radical (unpaired) electrons. The fourth-order valence-corrected chi connectivity index (χ4v) is 6.61. The van der Waals surface area contributed by atoms with Crippen LogP contribution in [0.1, 0.15) is 49.3 Å². The van der Waals surface area contributed by atoms with Gasteiger partial charge < -0.3 is 9.64 Å². The van der Waals surface area contributed by atoms with Crippen molar-refractivity contribution in [2.24, 2.45) is 0 Å². The minimum Gasteiger partial charge on any atom is -0.490 e. The van der Waals surface area contributed by atoms with E-state index < -0.39 is 0 Å². The summed E-state index contributed by atoms with van der Waals surface area (Å²) in [4.78, 5) is 8.43. The van der Waals surface area contributed by atoms with Gasteiger partial charge in [-0.15, -0.1) is 11.3 Å². The summed E-state index contributed by atoms with van der Waals surface area (Å²) in [6, 6.07) is 14.8. The summed E-state index contributed by atoms with van der Waals surface area (Å²) in [7, 11) is 0. The Morgan fingerprint density at radius 3 is 2.94 bits per heavy atom. The van der Waals surface area contributed by atoms with E-state index >= 15 is 0 Å². The molecule has 1 atom stereocenters. The average Bonchev–Trinajstić information content (AvgIpc) is 3.48. The lowest BCUT2D eigenvalue weighted by Crippen LogP contribution is -2.38. The second-order valence-electron chi connectivity index (χ2n) is 9.52. The molecule has 0 spiro atoms. The van der Waals surface area contributed by atoms with E-state index in [0.717, 1.165) is 29.3 Å². The van der Waals surface area contributed by atoms with Gasteiger partial charge in [-0.2, -0.15) is 5.26 Å². The first-order valence-electron chi connectivity index (χ1n) is 12.5. The molecule has 1 fully saturated rings. The molecule has 1 aliphatic carbocycles. The van der Waals surface area contributed by atoms with E-state index in [-0.39, 0.29) is 6.10 Å². The highest BCUT2D eigenvalue weighted by atomic mass is 32.2. The van der Waals surface area contributed by atoms with Crippen molar-refractivity contribution in [2.75, 3.05) is 31.9 Å². The first kappa shape index (κ1) is 24.3. The van der Waals surface area contributed by atoms with Crippen LogP contribution in [-0.4, -0.2) is 47.9 Å². The third kappa shape index (κ3) is 5.57. The van der Waals surface area contributed by atoms with Gasteiger partial charge in [-0.05, 0) is 87.0 Å². The fraction of sp³-hybridized carbons (Fsp3) is 0.429. The van der Waals surface area contributed by atoms with Gasteiger partial charge in [0, 0.05) is 30.6 Å². The Morgan fingerprint density at radius 2 is 2.17 bits per heavy atom. The van der Waals surface area contributed by atoms with Crippen LogP contribution in [0.3, 0.4) is 0 Å². The maximum atomic E-state index is 9.59. The van der Waals surface area contributed by atoms with Crippen molar-refractivity contribution < 1.29 is 4.74 Å². The van der Waals surface area contributed by atoms with Crippen LogP contribution in [0, 0.1) is 11.3 Å². The second-order valence-corrected chi connectivity index (χ2v) is 11.5. The number of nitrogens with one attached hydrogen (secondary N) is 1. The van der Waals surface area contributed by atoms with E-state index in [1.54, 1.807) is 11.3 Å². The molecule has 0 bridgehead atoms. The molecule has 2 aromatic carbocycles. The number of aromatic nitrogens is 1. The Balaban J connectivity index is 1.27. The molecule has 2 aliphatic rings. The van der Waals surface area contributed by atoms with Crippen LogP contribution in [0.5, 0.6) is 5.75 Å². The van der Waals surface area contributed by atoms with E-state index in [1.165, 1.54) is 54.0 Å². The summed E-state index contributed by atoms with van der Waals surface area (Å²) in [5, 5.41) is 10.5. The number of ether oxygens (including phenoxy) is 1. The van der Waals surface area contributed by atoms with Gasteiger partial charge in [0.15, 0.2) is 0 Å². The third-order valence-electron chi connectivity index (χ3n) is 6.77. The summed E-state index contributed by atoms with van der Waals surface area (Å²) in [6.45, 7) is 8.70. The van der Waals surface area contributed by atoms with Crippen LogP contribution >= 0.6 is 23.3 Å². The van der Waals surface area contributed by atoms with Crippen LogP contribution in [0.25, 0.3) is 21.0 Å². The Kier molecular flexibility index (Phi) is 7.74. The number of nitrogens with zero attached hydrogens (tertiary/aromatic N) is 3. The van der Waals surface area contributed by atoms with Crippen molar-refractivity contribution >= 4 is 23.3 Å². The van der Waals surface area contributed by atoms with Crippen molar-refractivity contribution in [1.82, 2.24) is 14.6 Å². The average molecular weight is 505 g/mol. The second kappa shape index (κ2) is 11.1. The molecule has 5 rings (SSSR count). The van der Waals surface area contributed by atoms with E-state index in [4.69, 9.17) is 9.72 Å². The van der Waals surface area contributed by atoms with E-state index in [0.29, 0.717) is 17.2 Å². The molecular formula is C28H32N4OS2. The molecule has 182 valence electrons. The van der Waals surface area contributed by atoms with E-state index in [2.05, 4.69) is 33.9 Å². The first-order chi connectivity index (χ1) is 17.1. The summed E-state index contributed by atoms with van der Waals surface area (Å²) < 4.78 is 9.40. The van der Waals surface area contributed by atoms with Crippen LogP contribution in [-0.2, 0) is 6.42 Å². The maximum Gasteiger partial charge on any atom is 0.137 e. The topological polar surface area (TPSA) is 61.2 Å². The number of benzene rings is 2. The van der Waals surface area contributed by atoms with Crippen LogP contribution in [0.15, 0.2) is 42.6 Å². The first-order valence-corrected chi connectivity index (χ1v) is 14.3. The van der Waals surface area contributed by atoms with E-state index in [9.17, 15) is 5.26 Å². The van der Waals surface area contributed by atoms with Gasteiger partial charge in [0.25, 0.3) is 0 Å². The lowest BCUT2D eigenvalue weighted by Gasteiger charge is -2.30. The largest absolute Gasteiger partial charge is 0.490 e. The molecule has 1 aliphatic heterocycles. The predicted octanol–water partition coefficient (Wildman–Crippen LogP) is 6.11. The van der Waals surface area contributed by atoms with Gasteiger partial charge in [-0.3, -0.25) is 4.72 Å². The summed E-state index contributed by atoms with van der Waals surface area (Å²) in [6.07, 6.45) is 5.69. The molecular weight excluding hydrogens is 472 g/mol. The predicted molar refractivity (Wildman–Crippen MR) is 146 cm³/mol. The molecule has 1 N–H and O–H groups in total. The van der Waals surface area contributed by atoms with Crippen LogP contribution in [0.2, 0.25) is 0 Å². The standard InChI is InChI=1S/C28H32N4OS2/c1-19(2)33-26-10-8-20(15-22(26)16-29)28-30-18-27(35-28)25-6-3-5-23-21(7-9-24(23)25)17-31-34-14-13-32-11-4-12-32/h3,5-6,8,10,15,18-19,21,31H,4,7,9,11-14,17H2,1-2H3. The van der Waals surface area contributed by atoms with E-state index in [1.807, 2.05) is 50.2 Å².